The van der Waals surface area contributed by atoms with E-state index in [9.17, 15) is 9.59 Å². The van der Waals surface area contributed by atoms with Crippen molar-refractivity contribution in [2.24, 2.45) is 0 Å². The van der Waals surface area contributed by atoms with Crippen LogP contribution in [-0.2, 0) is 14.3 Å². The van der Waals surface area contributed by atoms with Crippen molar-refractivity contribution in [2.45, 2.75) is 6.10 Å². The lowest BCUT2D eigenvalue weighted by Crippen LogP contribution is -2.41. The summed E-state index contributed by atoms with van der Waals surface area (Å²) in [6, 6.07) is 0. The minimum absolute atomic E-state index is 0.0412. The lowest BCUT2D eigenvalue weighted by atomic mass is 10.3. The maximum Gasteiger partial charge on any atom is 0.334 e. The summed E-state index contributed by atoms with van der Waals surface area (Å²) in [7, 11) is 1.28. The number of carbonyl (C=O) groups excluding carboxylic acids is 1. The van der Waals surface area contributed by atoms with Gasteiger partial charge in [-0.05, 0) is 0 Å². The van der Waals surface area contributed by atoms with E-state index in [1.54, 1.807) is 6.08 Å². The molecule has 0 aromatic rings. The zero-order chi connectivity index (χ0) is 11.7. The van der Waals surface area contributed by atoms with Crippen LogP contribution in [0.1, 0.15) is 0 Å². The van der Waals surface area contributed by atoms with Gasteiger partial charge in [0.2, 0.25) is 5.91 Å². The Hall–Kier alpha value is -1.40. The van der Waals surface area contributed by atoms with E-state index in [1.165, 1.54) is 7.11 Å². The molecular weight excluding hydrogens is 200 g/mol. The fourth-order valence-corrected chi connectivity index (χ4v) is 0.828. The Labute approximate surface area is 88.3 Å². The van der Waals surface area contributed by atoms with Crippen molar-refractivity contribution in [2.75, 3.05) is 26.7 Å². The van der Waals surface area contributed by atoms with Crippen LogP contribution < -0.4 is 10.6 Å². The molecule has 0 aliphatic heterocycles. The average Bonchev–Trinajstić information content (AvgIpc) is 2.18. The van der Waals surface area contributed by atoms with Crippen molar-refractivity contribution >= 4 is 11.9 Å². The average molecular weight is 216 g/mol. The van der Waals surface area contributed by atoms with Gasteiger partial charge in [0.05, 0.1) is 13.1 Å². The first-order valence-corrected chi connectivity index (χ1v) is 4.45. The van der Waals surface area contributed by atoms with Crippen LogP contribution in [0.25, 0.3) is 0 Å². The molecule has 0 spiro atoms. The summed E-state index contributed by atoms with van der Waals surface area (Å²) >= 11 is 0. The normalized spacial score (nSPS) is 11.8. The second kappa shape index (κ2) is 7.95. The largest absolute Gasteiger partial charge is 0.479 e. The zero-order valence-corrected chi connectivity index (χ0v) is 8.66. The molecule has 86 valence electrons. The summed E-state index contributed by atoms with van der Waals surface area (Å²) in [5.41, 5.74) is 0. The quantitative estimate of drug-likeness (QED) is 0.357. The Morgan fingerprint density at radius 1 is 1.60 bits per heavy atom. The number of carboxylic acids is 1. The molecule has 6 nitrogen and oxygen atoms in total. The van der Waals surface area contributed by atoms with Crippen LogP contribution in [0.4, 0.5) is 0 Å². The lowest BCUT2D eigenvalue weighted by molar-refractivity contribution is -0.148. The Balaban J connectivity index is 3.68. The van der Waals surface area contributed by atoms with Crippen molar-refractivity contribution in [1.29, 1.82) is 0 Å². The van der Waals surface area contributed by atoms with E-state index in [0.29, 0.717) is 6.54 Å². The van der Waals surface area contributed by atoms with Gasteiger partial charge in [0.15, 0.2) is 6.10 Å². The molecule has 0 aromatic carbocycles. The Bertz CT molecular complexity index is 230. The highest BCUT2D eigenvalue weighted by molar-refractivity contribution is 5.79. The number of rotatable bonds is 8. The minimum atomic E-state index is -1.10. The fraction of sp³-hybridized carbons (Fsp3) is 0.556. The second-order valence-corrected chi connectivity index (χ2v) is 2.79. The van der Waals surface area contributed by atoms with Crippen LogP contribution in [0.2, 0.25) is 0 Å². The molecule has 1 unspecified atom stereocenters. The summed E-state index contributed by atoms with van der Waals surface area (Å²) in [4.78, 5) is 21.6. The van der Waals surface area contributed by atoms with Gasteiger partial charge in [-0.3, -0.25) is 4.79 Å². The maximum absolute atomic E-state index is 11.1. The van der Waals surface area contributed by atoms with Crippen LogP contribution in [0.3, 0.4) is 0 Å². The van der Waals surface area contributed by atoms with Crippen molar-refractivity contribution in [3.8, 4) is 0 Å². The first-order valence-electron chi connectivity index (χ1n) is 4.45. The standard InChI is InChI=1S/C9H16N2O4/c1-3-4-10-6-8(12)11-5-7(15-2)9(13)14/h3,7,10H,1,4-6H2,2H3,(H,11,12)(H,13,14). The first-order chi connectivity index (χ1) is 7.11. The highest BCUT2D eigenvalue weighted by Crippen LogP contribution is 1.87. The van der Waals surface area contributed by atoms with E-state index in [-0.39, 0.29) is 19.0 Å². The molecule has 0 aliphatic rings. The third-order valence-electron chi connectivity index (χ3n) is 1.62. The van der Waals surface area contributed by atoms with Crippen molar-refractivity contribution < 1.29 is 19.4 Å². The number of carboxylic acid groups (broad SMARTS) is 1. The predicted molar refractivity (Wildman–Crippen MR) is 54.5 cm³/mol. The molecule has 0 heterocycles. The van der Waals surface area contributed by atoms with Gasteiger partial charge in [0.1, 0.15) is 0 Å². The number of hydrogen-bond acceptors (Lipinski definition) is 4. The van der Waals surface area contributed by atoms with Crippen LogP contribution >= 0.6 is 0 Å². The molecule has 0 aromatic heterocycles. The smallest absolute Gasteiger partial charge is 0.334 e. The van der Waals surface area contributed by atoms with Gasteiger partial charge in [-0.15, -0.1) is 6.58 Å². The van der Waals surface area contributed by atoms with Gasteiger partial charge in [-0.2, -0.15) is 0 Å². The highest BCUT2D eigenvalue weighted by atomic mass is 16.5. The van der Waals surface area contributed by atoms with E-state index in [4.69, 9.17) is 5.11 Å². The van der Waals surface area contributed by atoms with Gasteiger partial charge in [0.25, 0.3) is 0 Å². The predicted octanol–water partition coefficient (Wildman–Crippen LogP) is -1.02. The number of aliphatic carboxylic acids is 1. The molecule has 6 heteroatoms. The van der Waals surface area contributed by atoms with E-state index < -0.39 is 12.1 Å². The minimum Gasteiger partial charge on any atom is -0.479 e. The summed E-state index contributed by atoms with van der Waals surface area (Å²) in [6.45, 7) is 4.09. The Morgan fingerprint density at radius 3 is 2.73 bits per heavy atom. The summed E-state index contributed by atoms with van der Waals surface area (Å²) in [6.07, 6.45) is 0.621. The molecule has 1 atom stereocenters. The third kappa shape index (κ3) is 6.64. The summed E-state index contributed by atoms with van der Waals surface area (Å²) < 4.78 is 4.64. The molecule has 0 saturated carbocycles. The molecular formula is C9H16N2O4. The van der Waals surface area contributed by atoms with Crippen molar-refractivity contribution in [3.63, 3.8) is 0 Å². The molecule has 0 rings (SSSR count). The Kier molecular flexibility index (Phi) is 7.21. The first kappa shape index (κ1) is 13.6. The van der Waals surface area contributed by atoms with Crippen molar-refractivity contribution in [1.82, 2.24) is 10.6 Å². The van der Waals surface area contributed by atoms with Gasteiger partial charge >= 0.3 is 5.97 Å². The number of carbonyl (C=O) groups is 2. The fourth-order valence-electron chi connectivity index (χ4n) is 0.828. The van der Waals surface area contributed by atoms with E-state index >= 15 is 0 Å². The number of ether oxygens (including phenoxy) is 1. The van der Waals surface area contributed by atoms with E-state index in [1.807, 2.05) is 0 Å². The van der Waals surface area contributed by atoms with Crippen LogP contribution in [0.5, 0.6) is 0 Å². The lowest BCUT2D eigenvalue weighted by Gasteiger charge is -2.11. The monoisotopic (exact) mass is 216 g/mol. The van der Waals surface area contributed by atoms with Gasteiger partial charge < -0.3 is 20.5 Å². The molecule has 0 fully saturated rings. The zero-order valence-electron chi connectivity index (χ0n) is 8.66. The molecule has 0 bridgehead atoms. The number of hydrogen-bond donors (Lipinski definition) is 3. The molecule has 3 N–H and O–H groups in total. The molecule has 0 saturated heterocycles. The van der Waals surface area contributed by atoms with E-state index in [2.05, 4.69) is 21.9 Å². The molecule has 1 amide bonds. The van der Waals surface area contributed by atoms with Crippen molar-refractivity contribution in [3.05, 3.63) is 12.7 Å². The van der Waals surface area contributed by atoms with Crippen LogP contribution in [0, 0.1) is 0 Å². The highest BCUT2D eigenvalue weighted by Gasteiger charge is 2.16. The summed E-state index contributed by atoms with van der Waals surface area (Å²) in [5, 5.41) is 13.8. The van der Waals surface area contributed by atoms with Crippen LogP contribution in [-0.4, -0.2) is 49.8 Å². The number of methoxy groups -OCH3 is 1. The number of amides is 1. The second-order valence-electron chi connectivity index (χ2n) is 2.79. The SMILES string of the molecule is C=CCNCC(=O)NCC(OC)C(=O)O. The Morgan fingerprint density at radius 2 is 2.27 bits per heavy atom. The van der Waals surface area contributed by atoms with Gasteiger partial charge in [-0.25, -0.2) is 4.79 Å². The van der Waals surface area contributed by atoms with Gasteiger partial charge in [0, 0.05) is 13.7 Å². The third-order valence-corrected chi connectivity index (χ3v) is 1.62. The van der Waals surface area contributed by atoms with E-state index in [0.717, 1.165) is 0 Å². The van der Waals surface area contributed by atoms with Crippen LogP contribution in [0.15, 0.2) is 12.7 Å². The maximum atomic E-state index is 11.1. The number of nitrogens with one attached hydrogen (secondary N) is 2. The molecule has 15 heavy (non-hydrogen) atoms. The topological polar surface area (TPSA) is 87.7 Å². The molecule has 0 radical (unpaired) electrons. The molecule has 0 aliphatic carbocycles. The van der Waals surface area contributed by atoms with Gasteiger partial charge in [-0.1, -0.05) is 6.08 Å². The summed E-state index contributed by atoms with van der Waals surface area (Å²) in [5.74, 6) is -1.38.